The molecule has 732 valence electrons. The predicted molar refractivity (Wildman–Crippen MR) is 550 cm³/mol. The predicted octanol–water partition coefficient (Wildman–Crippen LogP) is 22.1. The number of aromatic nitrogens is 9. The molecule has 3 amide bonds. The van der Waals surface area contributed by atoms with Crippen molar-refractivity contribution in [1.82, 2.24) is 58.3 Å². The molecule has 0 saturated carbocycles. The van der Waals surface area contributed by atoms with E-state index in [4.69, 9.17) is 148 Å². The van der Waals surface area contributed by atoms with E-state index in [0.717, 1.165) is 0 Å². The zero-order valence-electron chi connectivity index (χ0n) is 78.4. The molecule has 3 fully saturated rings. The summed E-state index contributed by atoms with van der Waals surface area (Å²) in [6.07, 6.45) is 8.62. The van der Waals surface area contributed by atoms with E-state index in [1.165, 1.54) is 44.1 Å². The maximum Gasteiger partial charge on any atom is 0.276 e. The minimum Gasteiger partial charge on any atom is -0.396 e. The van der Waals surface area contributed by atoms with Crippen molar-refractivity contribution in [3.8, 4) is 69.0 Å². The van der Waals surface area contributed by atoms with E-state index < -0.39 is 87.9 Å². The van der Waals surface area contributed by atoms with Gasteiger partial charge in [0.25, 0.3) is 16.7 Å². The number of amides is 3. The standard InChI is InChI=1S/C33H30Cl4FN7O2.2C33H30Cl3F2N7O2/c1-7-21(46)44-16(5)12-43(13-17(44)6)31-18-10-20(34)29(22-23(35)24(36)25(37)26(38)27(22)40)42-32(18)45(33(47)19(31)11-39)30-15(4)8-9-41-28(30)14(2)3;2*1-7-21(46)44-16(5)12-43(13-17(44)6)31-18-10-20(34)29(22-23(35)25(37)24(36)26(38)27(22)40)42-32(18)45(33(47)19(31)11-39)30-15(4)8-9-41-28(30)14(2)3/h3*7-10,14,16-17H,1,12-13,40H2,2-6H3/t3*16-,17+. The molecule has 6 N–H and O–H groups in total. The van der Waals surface area contributed by atoms with Crippen LogP contribution in [0.2, 0.25) is 50.2 Å². The molecule has 3 aromatic carbocycles. The number of aryl methyl sites for hydroxylation is 3. The van der Waals surface area contributed by atoms with Crippen LogP contribution in [0.4, 0.5) is 56.1 Å². The molecule has 0 bridgehead atoms. The van der Waals surface area contributed by atoms with Crippen molar-refractivity contribution < 1.29 is 36.3 Å². The number of carbonyl (C=O) groups excluding carboxylic acids is 3. The molecule has 15 rings (SSSR count). The first-order chi connectivity index (χ1) is 66.5. The molecule has 0 radical (unpaired) electrons. The van der Waals surface area contributed by atoms with Crippen molar-refractivity contribution in [3.63, 3.8) is 0 Å². The highest BCUT2D eigenvalue weighted by Gasteiger charge is 2.42. The summed E-state index contributed by atoms with van der Waals surface area (Å²) in [4.78, 5) is 120. The van der Waals surface area contributed by atoms with Crippen molar-refractivity contribution in [2.24, 2.45) is 0 Å². The van der Waals surface area contributed by atoms with E-state index in [1.807, 2.05) is 105 Å². The van der Waals surface area contributed by atoms with Gasteiger partial charge in [0.05, 0.1) is 126 Å². The van der Waals surface area contributed by atoms with Gasteiger partial charge in [0, 0.05) is 127 Å². The second-order valence-electron chi connectivity index (χ2n) is 35.3. The first-order valence-electron chi connectivity index (χ1n) is 43.9. The zero-order chi connectivity index (χ0) is 104. The Morgan fingerprint density at radius 3 is 0.844 bits per heavy atom. The number of fused-ring (bicyclic) bond motifs is 3. The summed E-state index contributed by atoms with van der Waals surface area (Å²) in [6, 6.07) is 14.0. The van der Waals surface area contributed by atoms with Crippen LogP contribution in [0, 0.1) is 83.9 Å². The van der Waals surface area contributed by atoms with Crippen molar-refractivity contribution in [2.75, 3.05) is 71.2 Å². The minimum atomic E-state index is -1.26. The van der Waals surface area contributed by atoms with Gasteiger partial charge in [-0.25, -0.2) is 36.9 Å². The summed E-state index contributed by atoms with van der Waals surface area (Å²) in [5.41, 5.74) is 18.6. The Labute approximate surface area is 856 Å². The third-order valence-corrected chi connectivity index (χ3v) is 28.5. The summed E-state index contributed by atoms with van der Waals surface area (Å²) in [5, 5.41) is 28.3. The largest absolute Gasteiger partial charge is 0.396 e. The number of nitrogens with two attached hydrogens (primary N) is 3. The number of piperazine rings is 3. The molecular weight excluding hydrogens is 2030 g/mol. The lowest BCUT2D eigenvalue weighted by atomic mass is 10.0. The number of nitrogen functional groups attached to an aromatic ring is 3. The van der Waals surface area contributed by atoms with Crippen LogP contribution >= 0.6 is 116 Å². The third kappa shape index (κ3) is 18.5. The van der Waals surface area contributed by atoms with E-state index >= 15 is 4.39 Å². The van der Waals surface area contributed by atoms with Gasteiger partial charge in [-0.3, -0.25) is 57.4 Å². The van der Waals surface area contributed by atoms with Gasteiger partial charge in [-0.05, 0) is 151 Å². The Hall–Kier alpha value is -12.4. The van der Waals surface area contributed by atoms with Crippen LogP contribution in [-0.2, 0) is 14.4 Å². The number of rotatable bonds is 15. The van der Waals surface area contributed by atoms with E-state index in [2.05, 4.69) is 52.9 Å². The van der Waals surface area contributed by atoms with Crippen LogP contribution in [0.5, 0.6) is 0 Å². The summed E-state index contributed by atoms with van der Waals surface area (Å²) in [5.74, 6) is -7.19. The lowest BCUT2D eigenvalue weighted by Crippen LogP contribution is -2.58. The number of pyridine rings is 9. The average Bonchev–Trinajstić information content (AvgIpc) is 0.725. The number of anilines is 6. The van der Waals surface area contributed by atoms with Gasteiger partial charge in [-0.15, -0.1) is 0 Å². The molecule has 42 heteroatoms. The molecule has 0 spiro atoms. The summed E-state index contributed by atoms with van der Waals surface area (Å²) in [6.45, 7) is 40.5. The minimum absolute atomic E-state index is 0.00668. The molecule has 12 aromatic rings. The summed E-state index contributed by atoms with van der Waals surface area (Å²) in [7, 11) is 0. The van der Waals surface area contributed by atoms with Crippen molar-refractivity contribution in [2.45, 2.75) is 158 Å². The molecule has 141 heavy (non-hydrogen) atoms. The number of carbonyl (C=O) groups is 3. The maximum absolute atomic E-state index is 15.1. The SMILES string of the molecule is C=CC(=O)N1[C@H](C)CN(c2c(C#N)c(=O)n(-c3c(C)ccnc3C(C)C)c3nc(-c4c(N)c(F)c(Cl)c(Cl)c4Cl)c(Cl)cc23)C[C@@H]1C.C=CC(=O)N1[C@H](C)CN(c2c(C#N)c(=O)n(-c3c(C)ccnc3C(C)C)c3nc(-c4c(N)c(F)c(Cl)c(F)c4Cl)c(Cl)cc23)C[C@@H]1C.C=CC(=O)N1[C@H](C)CN(c2c(C#N)c(=O)n(-c3c(C)ccnc3C(C)C)c3nc(-c4c(N)c(F)c(Cl)c(F)c4Cl)c(Cl)cc23)C[C@@H]1C. The maximum atomic E-state index is 15.1. The topological polar surface area (TPSA) is 363 Å². The Morgan fingerprint density at radius 2 is 0.617 bits per heavy atom. The van der Waals surface area contributed by atoms with E-state index in [9.17, 15) is 62.1 Å². The highest BCUT2D eigenvalue weighted by Crippen LogP contribution is 2.51. The zero-order valence-corrected chi connectivity index (χ0v) is 85.9. The van der Waals surface area contributed by atoms with Gasteiger partial charge in [-0.2, -0.15) is 15.8 Å². The Kier molecular flexibility index (Phi) is 31.3. The van der Waals surface area contributed by atoms with Gasteiger partial charge in [-0.1, -0.05) is 177 Å². The molecule has 0 aliphatic carbocycles. The number of halogens is 15. The summed E-state index contributed by atoms with van der Waals surface area (Å²) >= 11 is 63.6. The number of hydrogen-bond acceptors (Lipinski definition) is 21. The molecule has 3 saturated heterocycles. The quantitative estimate of drug-likeness (QED) is 0.0282. The first-order valence-corrected chi connectivity index (χ1v) is 47.6. The molecule has 9 aromatic heterocycles. The van der Waals surface area contributed by atoms with Crippen LogP contribution in [0.3, 0.4) is 0 Å². The number of nitriles is 3. The van der Waals surface area contributed by atoms with E-state index in [1.54, 1.807) is 71.4 Å². The fraction of sp³-hybridized carbons (Fsp3) is 0.303. The molecule has 12 heterocycles. The monoisotopic (exact) mass is 2110 g/mol. The lowest BCUT2D eigenvalue weighted by Gasteiger charge is -2.45. The highest BCUT2D eigenvalue weighted by molar-refractivity contribution is 6.50. The second-order valence-corrected chi connectivity index (χ2v) is 39.2. The second kappa shape index (κ2) is 41.7. The van der Waals surface area contributed by atoms with Crippen molar-refractivity contribution in [1.29, 1.82) is 15.8 Å². The Morgan fingerprint density at radius 1 is 0.383 bits per heavy atom. The molecule has 27 nitrogen and oxygen atoms in total. The van der Waals surface area contributed by atoms with Gasteiger partial charge < -0.3 is 46.6 Å². The highest BCUT2D eigenvalue weighted by atomic mass is 35.5. The summed E-state index contributed by atoms with van der Waals surface area (Å²) < 4.78 is 79.0. The van der Waals surface area contributed by atoms with E-state index in [0.29, 0.717) is 72.7 Å². The van der Waals surface area contributed by atoms with Crippen molar-refractivity contribution >= 4 is 201 Å². The molecule has 6 atom stereocenters. The molecular formula is C99H90Cl10F5N21O6. The lowest BCUT2D eigenvalue weighted by molar-refractivity contribution is -0.131. The van der Waals surface area contributed by atoms with Gasteiger partial charge in [0.2, 0.25) is 17.7 Å². The fourth-order valence-electron chi connectivity index (χ4n) is 18.9. The molecule has 3 aliphatic rings. The molecule has 3 aliphatic heterocycles. The van der Waals surface area contributed by atoms with Gasteiger partial charge >= 0.3 is 0 Å². The smallest absolute Gasteiger partial charge is 0.276 e. The number of benzene rings is 3. The van der Waals surface area contributed by atoms with Crippen LogP contribution in [-0.4, -0.2) is 152 Å². The van der Waals surface area contributed by atoms with Crippen LogP contribution in [0.15, 0.2) is 107 Å². The van der Waals surface area contributed by atoms with Gasteiger partial charge in [0.1, 0.15) is 61.9 Å². The van der Waals surface area contributed by atoms with Crippen LogP contribution < -0.4 is 48.6 Å². The van der Waals surface area contributed by atoms with Crippen LogP contribution in [0.1, 0.15) is 151 Å². The fourth-order valence-corrected chi connectivity index (χ4v) is 21.4. The normalized spacial score (nSPS) is 16.6. The Bertz CT molecular complexity index is 6860. The average molecular weight is 2120 g/mol. The van der Waals surface area contributed by atoms with Crippen molar-refractivity contribution in [3.05, 3.63) is 254 Å². The van der Waals surface area contributed by atoms with E-state index in [-0.39, 0.29) is 215 Å². The number of nitrogens with zero attached hydrogens (tertiary/aromatic N) is 18. The number of hydrogen-bond donors (Lipinski definition) is 3. The van der Waals surface area contributed by atoms with Crippen LogP contribution in [0.25, 0.3) is 83.9 Å². The third-order valence-electron chi connectivity index (χ3n) is 25.0. The van der Waals surface area contributed by atoms with Gasteiger partial charge in [0.15, 0.2) is 29.1 Å². The molecule has 0 unspecified atom stereocenters. The first kappa shape index (κ1) is 106. The Balaban J connectivity index is 0.000000178.